The van der Waals surface area contributed by atoms with Crippen LogP contribution in [0, 0.1) is 0 Å². The van der Waals surface area contributed by atoms with E-state index in [4.69, 9.17) is 4.74 Å². The Morgan fingerprint density at radius 3 is 2.94 bits per heavy atom. The largest absolute Gasteiger partial charge is 0.492 e. The molecule has 16 heavy (non-hydrogen) atoms. The zero-order chi connectivity index (χ0) is 11.0. The summed E-state index contributed by atoms with van der Waals surface area (Å²) in [4.78, 5) is 0. The molecule has 1 aliphatic heterocycles. The van der Waals surface area contributed by atoms with E-state index in [2.05, 4.69) is 39.4 Å². The molecule has 1 atom stereocenters. The van der Waals surface area contributed by atoms with Gasteiger partial charge in [0.2, 0.25) is 0 Å². The van der Waals surface area contributed by atoms with Gasteiger partial charge in [0.1, 0.15) is 5.75 Å². The van der Waals surface area contributed by atoms with Gasteiger partial charge in [-0.15, -0.1) is 0 Å². The van der Waals surface area contributed by atoms with E-state index in [1.54, 1.807) is 0 Å². The van der Waals surface area contributed by atoms with Gasteiger partial charge >= 0.3 is 0 Å². The summed E-state index contributed by atoms with van der Waals surface area (Å²) in [5.74, 6) is 1.04. The molecule has 3 heteroatoms. The molecule has 1 heterocycles. The number of benzene rings is 1. The summed E-state index contributed by atoms with van der Waals surface area (Å²) < 4.78 is 6.90. The van der Waals surface area contributed by atoms with E-state index in [1.807, 2.05) is 0 Å². The van der Waals surface area contributed by atoms with Crippen LogP contribution in [-0.4, -0.2) is 12.6 Å². The fourth-order valence-corrected chi connectivity index (χ4v) is 2.77. The van der Waals surface area contributed by atoms with Crippen molar-refractivity contribution < 1.29 is 4.74 Å². The van der Waals surface area contributed by atoms with Crippen LogP contribution < -0.4 is 10.1 Å². The second kappa shape index (κ2) is 4.38. The molecule has 0 saturated heterocycles. The number of hydrogen-bond donors (Lipinski definition) is 1. The minimum Gasteiger partial charge on any atom is -0.492 e. The third-order valence-corrected chi connectivity index (χ3v) is 3.90. The van der Waals surface area contributed by atoms with Crippen molar-refractivity contribution in [3.63, 3.8) is 0 Å². The van der Waals surface area contributed by atoms with Crippen LogP contribution in [0.25, 0.3) is 0 Å². The maximum Gasteiger partial charge on any atom is 0.138 e. The smallest absolute Gasteiger partial charge is 0.138 e. The summed E-state index contributed by atoms with van der Waals surface area (Å²) in [7, 11) is 0. The van der Waals surface area contributed by atoms with Crippen LogP contribution in [-0.2, 0) is 0 Å². The molecule has 1 N–H and O–H groups in total. The van der Waals surface area contributed by atoms with Crippen molar-refractivity contribution in [2.75, 3.05) is 6.61 Å². The van der Waals surface area contributed by atoms with Gasteiger partial charge in [-0.1, -0.05) is 12.1 Å². The molecule has 1 fully saturated rings. The van der Waals surface area contributed by atoms with Crippen LogP contribution in [0.3, 0.4) is 0 Å². The molecule has 1 aliphatic carbocycles. The molecule has 3 rings (SSSR count). The molecular formula is C13H16BrNO. The minimum absolute atomic E-state index is 0.475. The molecule has 0 bridgehead atoms. The summed E-state index contributed by atoms with van der Waals surface area (Å²) in [5.41, 5.74) is 1.32. The highest BCUT2D eigenvalue weighted by molar-refractivity contribution is 9.10. The van der Waals surface area contributed by atoms with E-state index in [0.29, 0.717) is 6.04 Å². The summed E-state index contributed by atoms with van der Waals surface area (Å²) in [6.07, 6.45) is 4.98. The lowest BCUT2D eigenvalue weighted by molar-refractivity contribution is 0.313. The molecule has 0 aromatic heterocycles. The average molecular weight is 282 g/mol. The third-order valence-electron chi connectivity index (χ3n) is 3.27. The van der Waals surface area contributed by atoms with Crippen LogP contribution >= 0.6 is 15.9 Å². The maximum absolute atomic E-state index is 5.82. The molecule has 0 amide bonds. The summed E-state index contributed by atoms with van der Waals surface area (Å²) in [6.45, 7) is 0.832. The number of rotatable bonds is 2. The molecule has 2 aliphatic rings. The van der Waals surface area contributed by atoms with Gasteiger partial charge in [0.05, 0.1) is 11.1 Å². The number of nitrogens with one attached hydrogen (secondary N) is 1. The standard InChI is InChI=1S/C13H16BrNO/c14-11-4-1-3-10-12(15-9-6-7-9)5-2-8-16-13(10)11/h1,3-4,9,12,15H,2,5-8H2. The van der Waals surface area contributed by atoms with Crippen molar-refractivity contribution in [3.8, 4) is 5.75 Å². The van der Waals surface area contributed by atoms with Crippen molar-refractivity contribution in [2.45, 2.75) is 37.8 Å². The molecular weight excluding hydrogens is 266 g/mol. The highest BCUT2D eigenvalue weighted by Gasteiger charge is 2.28. The Kier molecular flexibility index (Phi) is 2.90. The molecule has 1 unspecified atom stereocenters. The van der Waals surface area contributed by atoms with E-state index in [0.717, 1.165) is 29.3 Å². The summed E-state index contributed by atoms with van der Waals surface area (Å²) in [6, 6.07) is 7.56. The van der Waals surface area contributed by atoms with Gasteiger partial charge in [0.15, 0.2) is 0 Å². The number of ether oxygens (including phenoxy) is 1. The number of fused-ring (bicyclic) bond motifs is 1. The number of para-hydroxylation sites is 1. The Morgan fingerprint density at radius 1 is 1.25 bits per heavy atom. The third kappa shape index (κ3) is 2.11. The Balaban J connectivity index is 1.92. The summed E-state index contributed by atoms with van der Waals surface area (Å²) >= 11 is 3.57. The highest BCUT2D eigenvalue weighted by Crippen LogP contribution is 2.38. The van der Waals surface area contributed by atoms with Crippen molar-refractivity contribution in [1.29, 1.82) is 0 Å². The second-order valence-electron chi connectivity index (χ2n) is 4.64. The number of hydrogen-bond acceptors (Lipinski definition) is 2. The van der Waals surface area contributed by atoms with Crippen molar-refractivity contribution in [2.24, 2.45) is 0 Å². The second-order valence-corrected chi connectivity index (χ2v) is 5.50. The fraction of sp³-hybridized carbons (Fsp3) is 0.538. The topological polar surface area (TPSA) is 21.3 Å². The number of halogens is 1. The van der Waals surface area contributed by atoms with E-state index in [-0.39, 0.29) is 0 Å². The zero-order valence-electron chi connectivity index (χ0n) is 9.21. The Morgan fingerprint density at radius 2 is 2.12 bits per heavy atom. The van der Waals surface area contributed by atoms with E-state index < -0.39 is 0 Å². The van der Waals surface area contributed by atoms with Crippen molar-refractivity contribution in [3.05, 3.63) is 28.2 Å². The van der Waals surface area contributed by atoms with E-state index >= 15 is 0 Å². The van der Waals surface area contributed by atoms with Crippen LogP contribution in [0.1, 0.15) is 37.3 Å². The van der Waals surface area contributed by atoms with Gasteiger partial charge < -0.3 is 10.1 Å². The molecule has 1 aromatic rings. The molecule has 0 radical (unpaired) electrons. The van der Waals surface area contributed by atoms with Gasteiger partial charge in [0.25, 0.3) is 0 Å². The average Bonchev–Trinajstić information content (AvgIpc) is 3.08. The lowest BCUT2D eigenvalue weighted by Crippen LogP contribution is -2.23. The highest BCUT2D eigenvalue weighted by atomic mass is 79.9. The first-order chi connectivity index (χ1) is 7.84. The van der Waals surface area contributed by atoms with Crippen molar-refractivity contribution >= 4 is 15.9 Å². The predicted molar refractivity (Wildman–Crippen MR) is 67.8 cm³/mol. The lowest BCUT2D eigenvalue weighted by atomic mass is 10.0. The van der Waals surface area contributed by atoms with E-state index in [9.17, 15) is 0 Å². The minimum atomic E-state index is 0.475. The van der Waals surface area contributed by atoms with E-state index in [1.165, 1.54) is 24.8 Å². The normalized spacial score (nSPS) is 24.4. The molecule has 1 saturated carbocycles. The Bertz CT molecular complexity index is 390. The monoisotopic (exact) mass is 281 g/mol. The molecule has 0 spiro atoms. The summed E-state index contributed by atoms with van der Waals surface area (Å²) in [5, 5.41) is 3.72. The van der Waals surface area contributed by atoms with Crippen LogP contribution in [0.15, 0.2) is 22.7 Å². The van der Waals surface area contributed by atoms with Gasteiger partial charge in [0, 0.05) is 17.6 Å². The van der Waals surface area contributed by atoms with Crippen LogP contribution in [0.4, 0.5) is 0 Å². The maximum atomic E-state index is 5.82. The molecule has 2 nitrogen and oxygen atoms in total. The van der Waals surface area contributed by atoms with Gasteiger partial charge in [-0.25, -0.2) is 0 Å². The first kappa shape index (κ1) is 10.6. The fourth-order valence-electron chi connectivity index (χ4n) is 2.28. The van der Waals surface area contributed by atoms with Gasteiger partial charge in [-0.05, 0) is 47.7 Å². The SMILES string of the molecule is Brc1cccc2c1OCCCC2NC1CC1. The molecule has 1 aromatic carbocycles. The quantitative estimate of drug-likeness (QED) is 0.897. The van der Waals surface area contributed by atoms with Crippen LogP contribution in [0.2, 0.25) is 0 Å². The predicted octanol–water partition coefficient (Wildman–Crippen LogP) is 3.41. The van der Waals surface area contributed by atoms with Gasteiger partial charge in [-0.3, -0.25) is 0 Å². The van der Waals surface area contributed by atoms with Crippen molar-refractivity contribution in [1.82, 2.24) is 5.32 Å². The lowest BCUT2D eigenvalue weighted by Gasteiger charge is -2.18. The first-order valence-corrected chi connectivity index (χ1v) is 6.81. The Labute approximate surface area is 105 Å². The van der Waals surface area contributed by atoms with Crippen LogP contribution in [0.5, 0.6) is 5.75 Å². The molecule has 86 valence electrons. The zero-order valence-corrected chi connectivity index (χ0v) is 10.8. The first-order valence-electron chi connectivity index (χ1n) is 6.02. The van der Waals surface area contributed by atoms with Gasteiger partial charge in [-0.2, -0.15) is 0 Å². The Hall–Kier alpha value is -0.540.